The van der Waals surface area contributed by atoms with Gasteiger partial charge < -0.3 is 19.2 Å². The van der Waals surface area contributed by atoms with Crippen LogP contribution < -0.4 is 20.5 Å². The van der Waals surface area contributed by atoms with Crippen molar-refractivity contribution in [3.63, 3.8) is 0 Å². The van der Waals surface area contributed by atoms with E-state index in [0.717, 1.165) is 17.7 Å². The molecule has 0 fully saturated rings. The Hall–Kier alpha value is -3.22. The number of para-hydroxylation sites is 2. The Bertz CT molecular complexity index is 1080. The third kappa shape index (κ3) is 3.99. The lowest BCUT2D eigenvalue weighted by atomic mass is 9.95. The lowest BCUT2D eigenvalue weighted by Gasteiger charge is -2.24. The van der Waals surface area contributed by atoms with Gasteiger partial charge in [0, 0.05) is 6.42 Å². The summed E-state index contributed by atoms with van der Waals surface area (Å²) in [5.74, 6) is 0.748. The van der Waals surface area contributed by atoms with Gasteiger partial charge in [0.2, 0.25) is 5.91 Å². The van der Waals surface area contributed by atoms with Crippen molar-refractivity contribution in [2.75, 3.05) is 13.2 Å². The van der Waals surface area contributed by atoms with Crippen molar-refractivity contribution in [2.24, 2.45) is 5.92 Å². The van der Waals surface area contributed by atoms with Crippen LogP contribution in [-0.2, 0) is 11.3 Å². The zero-order chi connectivity index (χ0) is 20.4. The molecule has 4 rings (SSSR count). The van der Waals surface area contributed by atoms with Crippen LogP contribution in [0.1, 0.15) is 31.9 Å². The Morgan fingerprint density at radius 3 is 2.66 bits per heavy atom. The molecular formula is C22H24N2O5. The maximum Gasteiger partial charge on any atom is 0.420 e. The molecule has 0 saturated carbocycles. The first-order chi connectivity index (χ1) is 14.0. The Labute approximate surface area is 168 Å². The summed E-state index contributed by atoms with van der Waals surface area (Å²) < 4.78 is 18.0. The predicted molar refractivity (Wildman–Crippen MR) is 108 cm³/mol. The SMILES string of the molecule is CC(C)[C@H](NC(=O)Cn1c(=O)oc2ccccc21)c1ccc2c(c1)OCCCO2. The zero-order valence-electron chi connectivity index (χ0n) is 16.5. The molecule has 3 aromatic rings. The number of benzene rings is 2. The van der Waals surface area contributed by atoms with E-state index in [1.165, 1.54) is 4.57 Å². The van der Waals surface area contributed by atoms with E-state index >= 15 is 0 Å². The van der Waals surface area contributed by atoms with Crippen LogP contribution >= 0.6 is 0 Å². The van der Waals surface area contributed by atoms with E-state index in [-0.39, 0.29) is 24.4 Å². The number of hydrogen-bond donors (Lipinski definition) is 1. The van der Waals surface area contributed by atoms with Crippen molar-refractivity contribution >= 4 is 17.0 Å². The number of amides is 1. The average Bonchev–Trinajstić information content (AvgIpc) is 2.87. The number of oxazole rings is 1. The molecule has 0 spiro atoms. The first-order valence-corrected chi connectivity index (χ1v) is 9.80. The minimum absolute atomic E-state index is 0.108. The Kier molecular flexibility index (Phi) is 5.29. The van der Waals surface area contributed by atoms with Crippen molar-refractivity contribution in [3.8, 4) is 11.5 Å². The molecule has 29 heavy (non-hydrogen) atoms. The first-order valence-electron chi connectivity index (χ1n) is 9.80. The second-order valence-electron chi connectivity index (χ2n) is 7.47. The van der Waals surface area contributed by atoms with Crippen molar-refractivity contribution in [3.05, 3.63) is 58.6 Å². The summed E-state index contributed by atoms with van der Waals surface area (Å²) in [6.45, 7) is 5.19. The highest BCUT2D eigenvalue weighted by Crippen LogP contribution is 2.34. The fraction of sp³-hybridized carbons (Fsp3) is 0.364. The van der Waals surface area contributed by atoms with Crippen LogP contribution in [0.2, 0.25) is 0 Å². The van der Waals surface area contributed by atoms with Crippen LogP contribution in [0.3, 0.4) is 0 Å². The highest BCUT2D eigenvalue weighted by molar-refractivity contribution is 5.79. The summed E-state index contributed by atoms with van der Waals surface area (Å²) in [6, 6.07) is 12.6. The summed E-state index contributed by atoms with van der Waals surface area (Å²) in [4.78, 5) is 24.9. The van der Waals surface area contributed by atoms with E-state index in [2.05, 4.69) is 5.32 Å². The van der Waals surface area contributed by atoms with E-state index in [9.17, 15) is 9.59 Å². The highest BCUT2D eigenvalue weighted by Gasteiger charge is 2.22. The number of rotatable bonds is 5. The third-order valence-corrected chi connectivity index (χ3v) is 4.99. The van der Waals surface area contributed by atoms with Crippen LogP contribution in [-0.4, -0.2) is 23.7 Å². The number of aromatic nitrogens is 1. The monoisotopic (exact) mass is 396 g/mol. The summed E-state index contributed by atoms with van der Waals surface area (Å²) >= 11 is 0. The lowest BCUT2D eigenvalue weighted by Crippen LogP contribution is -2.35. The number of carbonyl (C=O) groups excluding carboxylic acids is 1. The van der Waals surface area contributed by atoms with Gasteiger partial charge in [-0.2, -0.15) is 0 Å². The molecule has 1 aliphatic rings. The molecule has 7 heteroatoms. The summed E-state index contributed by atoms with van der Waals surface area (Å²) in [7, 11) is 0. The molecule has 0 radical (unpaired) electrons. The second-order valence-corrected chi connectivity index (χ2v) is 7.47. The van der Waals surface area contributed by atoms with Crippen LogP contribution in [0.25, 0.3) is 11.1 Å². The molecule has 7 nitrogen and oxygen atoms in total. The molecular weight excluding hydrogens is 372 g/mol. The number of fused-ring (bicyclic) bond motifs is 2. The number of ether oxygens (including phenoxy) is 2. The molecule has 2 aromatic carbocycles. The summed E-state index contributed by atoms with van der Waals surface area (Å²) in [5, 5.41) is 3.05. The quantitative estimate of drug-likeness (QED) is 0.716. The van der Waals surface area contributed by atoms with Crippen LogP contribution in [0.15, 0.2) is 51.7 Å². The minimum Gasteiger partial charge on any atom is -0.490 e. The van der Waals surface area contributed by atoms with Crippen LogP contribution in [0, 0.1) is 5.92 Å². The number of nitrogens with zero attached hydrogens (tertiary/aromatic N) is 1. The molecule has 0 saturated heterocycles. The Morgan fingerprint density at radius 1 is 1.10 bits per heavy atom. The molecule has 1 N–H and O–H groups in total. The van der Waals surface area contributed by atoms with Gasteiger partial charge in [0.1, 0.15) is 6.54 Å². The smallest absolute Gasteiger partial charge is 0.420 e. The van der Waals surface area contributed by atoms with E-state index in [0.29, 0.717) is 30.1 Å². The maximum atomic E-state index is 12.8. The van der Waals surface area contributed by atoms with Gasteiger partial charge in [-0.3, -0.25) is 9.36 Å². The first kappa shape index (κ1) is 19.1. The van der Waals surface area contributed by atoms with E-state index < -0.39 is 5.76 Å². The van der Waals surface area contributed by atoms with Gasteiger partial charge in [0.25, 0.3) is 0 Å². The van der Waals surface area contributed by atoms with Gasteiger partial charge in [0.05, 0.1) is 24.8 Å². The van der Waals surface area contributed by atoms with E-state index in [4.69, 9.17) is 13.9 Å². The topological polar surface area (TPSA) is 82.7 Å². The van der Waals surface area contributed by atoms with Gasteiger partial charge in [-0.05, 0) is 35.7 Å². The second kappa shape index (κ2) is 8.03. The number of nitrogens with one attached hydrogen (secondary N) is 1. The van der Waals surface area contributed by atoms with E-state index in [1.807, 2.05) is 32.0 Å². The predicted octanol–water partition coefficient (Wildman–Crippen LogP) is 3.27. The molecule has 1 aromatic heterocycles. The van der Waals surface area contributed by atoms with Crippen molar-refractivity contribution in [2.45, 2.75) is 32.9 Å². The fourth-order valence-electron chi connectivity index (χ4n) is 3.53. The average molecular weight is 396 g/mol. The van der Waals surface area contributed by atoms with Crippen molar-refractivity contribution in [1.29, 1.82) is 0 Å². The highest BCUT2D eigenvalue weighted by atomic mass is 16.5. The largest absolute Gasteiger partial charge is 0.490 e. The van der Waals surface area contributed by atoms with Gasteiger partial charge in [-0.1, -0.05) is 32.0 Å². The van der Waals surface area contributed by atoms with Gasteiger partial charge in [-0.15, -0.1) is 0 Å². The van der Waals surface area contributed by atoms with Crippen LogP contribution in [0.5, 0.6) is 11.5 Å². The fourth-order valence-corrected chi connectivity index (χ4v) is 3.53. The molecule has 2 heterocycles. The zero-order valence-corrected chi connectivity index (χ0v) is 16.5. The summed E-state index contributed by atoms with van der Waals surface area (Å²) in [6.07, 6.45) is 0.835. The Balaban J connectivity index is 1.55. The molecule has 1 amide bonds. The lowest BCUT2D eigenvalue weighted by molar-refractivity contribution is -0.122. The number of carbonyl (C=O) groups is 1. The van der Waals surface area contributed by atoms with Gasteiger partial charge >= 0.3 is 5.76 Å². The van der Waals surface area contributed by atoms with Crippen molar-refractivity contribution < 1.29 is 18.7 Å². The van der Waals surface area contributed by atoms with Gasteiger partial charge in [0.15, 0.2) is 17.1 Å². The molecule has 0 bridgehead atoms. The van der Waals surface area contributed by atoms with E-state index in [1.54, 1.807) is 24.3 Å². The molecule has 152 valence electrons. The summed E-state index contributed by atoms with van der Waals surface area (Å²) in [5.41, 5.74) is 2.00. The molecule has 1 aliphatic heterocycles. The van der Waals surface area contributed by atoms with Gasteiger partial charge in [-0.25, -0.2) is 4.79 Å². The minimum atomic E-state index is -0.543. The normalized spacial score (nSPS) is 14.6. The molecule has 1 atom stereocenters. The standard InChI is InChI=1S/C22H24N2O5/c1-14(2)21(15-8-9-18-19(12-15)28-11-5-10-27-18)23-20(25)13-24-16-6-3-4-7-17(16)29-22(24)26/h3-4,6-9,12,14,21H,5,10-11,13H2,1-2H3,(H,23,25)/t21-/m0/s1. The van der Waals surface area contributed by atoms with Crippen molar-refractivity contribution in [1.82, 2.24) is 9.88 Å². The van der Waals surface area contributed by atoms with Crippen LogP contribution in [0.4, 0.5) is 0 Å². The molecule has 0 aliphatic carbocycles. The third-order valence-electron chi connectivity index (χ3n) is 4.99. The number of hydrogen-bond acceptors (Lipinski definition) is 5. The molecule has 0 unspecified atom stereocenters. The Morgan fingerprint density at radius 2 is 1.86 bits per heavy atom. The maximum absolute atomic E-state index is 12.8.